The Morgan fingerprint density at radius 1 is 1.31 bits per heavy atom. The Morgan fingerprint density at radius 2 is 2.08 bits per heavy atom. The van der Waals surface area contributed by atoms with E-state index in [1.165, 1.54) is 19.3 Å². The lowest BCUT2D eigenvalue weighted by Gasteiger charge is -2.17. The molecule has 0 N–H and O–H groups in total. The van der Waals surface area contributed by atoms with Crippen molar-refractivity contribution in [3.05, 3.63) is 18.4 Å². The Morgan fingerprint density at radius 3 is 2.62 bits per heavy atom. The van der Waals surface area contributed by atoms with Crippen LogP contribution in [0.4, 0.5) is 0 Å². The summed E-state index contributed by atoms with van der Waals surface area (Å²) >= 11 is 0. The van der Waals surface area contributed by atoms with E-state index in [1.54, 1.807) is 12.5 Å². The van der Waals surface area contributed by atoms with Gasteiger partial charge >= 0.3 is 0 Å². The van der Waals surface area contributed by atoms with E-state index in [9.17, 15) is 0 Å². The van der Waals surface area contributed by atoms with Gasteiger partial charge in [-0.15, -0.1) is 0 Å². The predicted molar refractivity (Wildman–Crippen MR) is 53.5 cm³/mol. The van der Waals surface area contributed by atoms with Gasteiger partial charge in [-0.2, -0.15) is 0 Å². The van der Waals surface area contributed by atoms with E-state index in [0.717, 1.165) is 12.3 Å². The molecule has 0 aliphatic heterocycles. The van der Waals surface area contributed by atoms with Gasteiger partial charge < -0.3 is 4.42 Å². The molecule has 0 saturated heterocycles. The number of aryl methyl sites for hydroxylation is 1. The summed E-state index contributed by atoms with van der Waals surface area (Å²) in [7, 11) is 0. The normalized spacial score (nSPS) is 11.9. The molecule has 0 aromatic carbocycles. The standard InChI is InChI=1S/C11H19NO/c1-11(2,3)7-5-4-6-10-12-8-9-13-10/h8-9H,4-7H2,1-3H3. The van der Waals surface area contributed by atoms with E-state index >= 15 is 0 Å². The zero-order valence-electron chi connectivity index (χ0n) is 8.84. The van der Waals surface area contributed by atoms with E-state index in [0.29, 0.717) is 5.41 Å². The lowest BCUT2D eigenvalue weighted by molar-refractivity contribution is 0.356. The van der Waals surface area contributed by atoms with Gasteiger partial charge in [-0.25, -0.2) is 4.98 Å². The maximum Gasteiger partial charge on any atom is 0.193 e. The molecule has 0 aliphatic carbocycles. The van der Waals surface area contributed by atoms with Crippen molar-refractivity contribution in [1.29, 1.82) is 0 Å². The van der Waals surface area contributed by atoms with E-state index < -0.39 is 0 Å². The van der Waals surface area contributed by atoms with E-state index in [-0.39, 0.29) is 0 Å². The highest BCUT2D eigenvalue weighted by molar-refractivity contribution is 4.79. The van der Waals surface area contributed by atoms with Crippen molar-refractivity contribution in [2.75, 3.05) is 0 Å². The highest BCUT2D eigenvalue weighted by atomic mass is 16.3. The fourth-order valence-electron chi connectivity index (χ4n) is 1.31. The molecular formula is C11H19NO. The zero-order chi connectivity index (χ0) is 9.73. The van der Waals surface area contributed by atoms with Crippen molar-refractivity contribution in [3.8, 4) is 0 Å². The lowest BCUT2D eigenvalue weighted by atomic mass is 9.89. The summed E-state index contributed by atoms with van der Waals surface area (Å²) in [5.74, 6) is 0.869. The van der Waals surface area contributed by atoms with Crippen LogP contribution in [-0.2, 0) is 6.42 Å². The minimum Gasteiger partial charge on any atom is -0.449 e. The van der Waals surface area contributed by atoms with Crippen LogP contribution in [0, 0.1) is 5.41 Å². The molecule has 13 heavy (non-hydrogen) atoms. The number of unbranched alkanes of at least 4 members (excludes halogenated alkanes) is 1. The molecule has 74 valence electrons. The largest absolute Gasteiger partial charge is 0.449 e. The molecule has 0 unspecified atom stereocenters. The molecule has 2 nitrogen and oxygen atoms in total. The number of oxazole rings is 1. The van der Waals surface area contributed by atoms with Crippen LogP contribution < -0.4 is 0 Å². The highest BCUT2D eigenvalue weighted by Gasteiger charge is 2.09. The number of hydrogen-bond acceptors (Lipinski definition) is 2. The summed E-state index contributed by atoms with van der Waals surface area (Å²) in [5.41, 5.74) is 0.455. The van der Waals surface area contributed by atoms with Crippen LogP contribution in [0.25, 0.3) is 0 Å². The van der Waals surface area contributed by atoms with Crippen LogP contribution in [0.2, 0.25) is 0 Å². The zero-order valence-corrected chi connectivity index (χ0v) is 8.84. The predicted octanol–water partition coefficient (Wildman–Crippen LogP) is 3.43. The van der Waals surface area contributed by atoms with Crippen molar-refractivity contribution in [3.63, 3.8) is 0 Å². The van der Waals surface area contributed by atoms with Gasteiger partial charge in [-0.3, -0.25) is 0 Å². The molecule has 1 rings (SSSR count). The van der Waals surface area contributed by atoms with Crippen molar-refractivity contribution in [1.82, 2.24) is 4.98 Å². The maximum absolute atomic E-state index is 5.15. The first-order valence-electron chi connectivity index (χ1n) is 4.96. The molecule has 2 heteroatoms. The second-order valence-electron chi connectivity index (χ2n) is 4.69. The van der Waals surface area contributed by atoms with E-state index in [2.05, 4.69) is 25.8 Å². The Balaban J connectivity index is 2.09. The third-order valence-electron chi connectivity index (χ3n) is 2.05. The van der Waals surface area contributed by atoms with Crippen molar-refractivity contribution >= 4 is 0 Å². The van der Waals surface area contributed by atoms with Crippen LogP contribution in [0.1, 0.15) is 45.9 Å². The quantitative estimate of drug-likeness (QED) is 0.665. The summed E-state index contributed by atoms with van der Waals surface area (Å²) in [6, 6.07) is 0. The van der Waals surface area contributed by atoms with Gasteiger partial charge in [0.25, 0.3) is 0 Å². The molecular weight excluding hydrogens is 162 g/mol. The third kappa shape index (κ3) is 4.71. The van der Waals surface area contributed by atoms with Gasteiger partial charge in [-0.05, 0) is 18.3 Å². The maximum atomic E-state index is 5.15. The number of nitrogens with zero attached hydrogens (tertiary/aromatic N) is 1. The molecule has 0 saturated carbocycles. The lowest BCUT2D eigenvalue weighted by Crippen LogP contribution is -2.04. The van der Waals surface area contributed by atoms with Crippen molar-refractivity contribution in [2.45, 2.75) is 46.5 Å². The Bertz CT molecular complexity index is 221. The minimum absolute atomic E-state index is 0.455. The summed E-state index contributed by atoms with van der Waals surface area (Å²) < 4.78 is 5.15. The number of rotatable bonds is 4. The Hall–Kier alpha value is -0.790. The summed E-state index contributed by atoms with van der Waals surface area (Å²) in [6.07, 6.45) is 8.03. The van der Waals surface area contributed by atoms with Crippen molar-refractivity contribution < 1.29 is 4.42 Å². The first kappa shape index (κ1) is 10.3. The molecule has 1 heterocycles. The van der Waals surface area contributed by atoms with Gasteiger partial charge in [0.15, 0.2) is 5.89 Å². The fourth-order valence-corrected chi connectivity index (χ4v) is 1.31. The highest BCUT2D eigenvalue weighted by Crippen LogP contribution is 2.21. The fraction of sp³-hybridized carbons (Fsp3) is 0.727. The van der Waals surface area contributed by atoms with Gasteiger partial charge in [0, 0.05) is 6.42 Å². The molecule has 1 aromatic heterocycles. The summed E-state index contributed by atoms with van der Waals surface area (Å²) in [4.78, 5) is 4.08. The second-order valence-corrected chi connectivity index (χ2v) is 4.69. The summed E-state index contributed by atoms with van der Waals surface area (Å²) in [5, 5.41) is 0. The molecule has 0 amide bonds. The van der Waals surface area contributed by atoms with Crippen LogP contribution >= 0.6 is 0 Å². The molecule has 0 bridgehead atoms. The van der Waals surface area contributed by atoms with E-state index in [4.69, 9.17) is 4.42 Å². The van der Waals surface area contributed by atoms with Gasteiger partial charge in [0.2, 0.25) is 0 Å². The smallest absolute Gasteiger partial charge is 0.193 e. The third-order valence-corrected chi connectivity index (χ3v) is 2.05. The number of aromatic nitrogens is 1. The Kier molecular flexibility index (Phi) is 3.52. The first-order valence-corrected chi connectivity index (χ1v) is 4.96. The summed E-state index contributed by atoms with van der Waals surface area (Å²) in [6.45, 7) is 6.83. The first-order chi connectivity index (χ1) is 6.08. The molecule has 0 radical (unpaired) electrons. The topological polar surface area (TPSA) is 26.0 Å². The molecule has 0 aliphatic rings. The average Bonchev–Trinajstić information content (AvgIpc) is 2.48. The van der Waals surface area contributed by atoms with Crippen LogP contribution in [0.15, 0.2) is 16.9 Å². The number of hydrogen-bond donors (Lipinski definition) is 0. The van der Waals surface area contributed by atoms with Crippen LogP contribution in [0.5, 0.6) is 0 Å². The van der Waals surface area contributed by atoms with E-state index in [1.807, 2.05) is 0 Å². The van der Waals surface area contributed by atoms with Gasteiger partial charge in [0.1, 0.15) is 6.26 Å². The van der Waals surface area contributed by atoms with Crippen molar-refractivity contribution in [2.24, 2.45) is 5.41 Å². The average molecular weight is 181 g/mol. The molecule has 0 spiro atoms. The molecule has 1 aromatic rings. The monoisotopic (exact) mass is 181 g/mol. The second kappa shape index (κ2) is 4.45. The van der Waals surface area contributed by atoms with Crippen LogP contribution in [-0.4, -0.2) is 4.98 Å². The van der Waals surface area contributed by atoms with Gasteiger partial charge in [-0.1, -0.05) is 27.2 Å². The molecule has 0 atom stereocenters. The minimum atomic E-state index is 0.455. The Labute approximate surface area is 80.4 Å². The SMILES string of the molecule is CC(C)(C)CCCCc1ncco1. The molecule has 0 fully saturated rings. The van der Waals surface area contributed by atoms with Crippen LogP contribution in [0.3, 0.4) is 0 Å². The van der Waals surface area contributed by atoms with Gasteiger partial charge in [0.05, 0.1) is 6.20 Å².